The summed E-state index contributed by atoms with van der Waals surface area (Å²) in [6.45, 7) is 0.178. The van der Waals surface area contributed by atoms with E-state index in [4.69, 9.17) is 0 Å². The van der Waals surface area contributed by atoms with E-state index in [1.165, 1.54) is 24.3 Å². The number of isocyanates is 4. The molecule has 8 nitrogen and oxygen atoms in total. The predicted molar refractivity (Wildman–Crippen MR) is 66.1 cm³/mol. The quantitative estimate of drug-likeness (QED) is 0.509. The van der Waals surface area contributed by atoms with Crippen molar-refractivity contribution in [3.8, 4) is 0 Å². The van der Waals surface area contributed by atoms with Gasteiger partial charge in [0.2, 0.25) is 24.3 Å². The Morgan fingerprint density at radius 3 is 2.35 bits per heavy atom. The fourth-order valence-electron chi connectivity index (χ4n) is 2.45. The van der Waals surface area contributed by atoms with Crippen molar-refractivity contribution in [2.75, 3.05) is 13.1 Å². The van der Waals surface area contributed by atoms with E-state index in [9.17, 15) is 19.2 Å². The van der Waals surface area contributed by atoms with E-state index >= 15 is 0 Å². The van der Waals surface area contributed by atoms with Crippen molar-refractivity contribution < 1.29 is 19.2 Å². The molecule has 8 heteroatoms. The molecule has 1 rings (SSSR count). The molecule has 1 aliphatic carbocycles. The van der Waals surface area contributed by atoms with E-state index in [2.05, 4.69) is 20.0 Å². The first-order chi connectivity index (χ1) is 9.72. The zero-order valence-electron chi connectivity index (χ0n) is 10.6. The molecule has 3 unspecified atom stereocenters. The summed E-state index contributed by atoms with van der Waals surface area (Å²) in [6.07, 6.45) is 7.09. The molecule has 1 aliphatic rings. The number of hydrogen-bond donors (Lipinski definition) is 0. The lowest BCUT2D eigenvalue weighted by Crippen LogP contribution is -2.47. The molecule has 0 aromatic heterocycles. The summed E-state index contributed by atoms with van der Waals surface area (Å²) >= 11 is 0. The van der Waals surface area contributed by atoms with Gasteiger partial charge in [-0.05, 0) is 25.2 Å². The van der Waals surface area contributed by atoms with Gasteiger partial charge in [-0.1, -0.05) is 0 Å². The second-order valence-electron chi connectivity index (χ2n) is 4.52. The van der Waals surface area contributed by atoms with Crippen LogP contribution in [0.1, 0.15) is 19.3 Å². The van der Waals surface area contributed by atoms with Crippen LogP contribution in [-0.2, 0) is 19.2 Å². The van der Waals surface area contributed by atoms with Crippen LogP contribution in [0.25, 0.3) is 0 Å². The second kappa shape index (κ2) is 7.85. The van der Waals surface area contributed by atoms with Gasteiger partial charge in [-0.15, -0.1) is 0 Å². The van der Waals surface area contributed by atoms with Gasteiger partial charge in [-0.3, -0.25) is 0 Å². The standard InChI is InChI=1S/C12H12N4O4/c17-6-13-4-10-1-2-12(16-9-20,5-14-7-18)11(3-10)15-8-19/h10-11H,1-5H2. The molecule has 0 amide bonds. The van der Waals surface area contributed by atoms with E-state index < -0.39 is 11.6 Å². The molecule has 0 saturated heterocycles. The summed E-state index contributed by atoms with van der Waals surface area (Å²) in [4.78, 5) is 55.9. The molecule has 3 atom stereocenters. The van der Waals surface area contributed by atoms with Crippen LogP contribution in [0.3, 0.4) is 0 Å². The van der Waals surface area contributed by atoms with Crippen molar-refractivity contribution in [3.63, 3.8) is 0 Å². The summed E-state index contributed by atoms with van der Waals surface area (Å²) < 4.78 is 0. The van der Waals surface area contributed by atoms with Crippen molar-refractivity contribution >= 4 is 24.3 Å². The number of aliphatic imine (C=N–C) groups is 4. The summed E-state index contributed by atoms with van der Waals surface area (Å²) in [5.41, 5.74) is -1.07. The Labute approximate surface area is 114 Å². The van der Waals surface area contributed by atoms with Gasteiger partial charge in [0.15, 0.2) is 0 Å². The molecular weight excluding hydrogens is 264 g/mol. The van der Waals surface area contributed by atoms with Gasteiger partial charge >= 0.3 is 0 Å². The lowest BCUT2D eigenvalue weighted by Gasteiger charge is -2.38. The zero-order valence-corrected chi connectivity index (χ0v) is 10.6. The highest BCUT2D eigenvalue weighted by atomic mass is 16.1. The highest BCUT2D eigenvalue weighted by Crippen LogP contribution is 2.37. The van der Waals surface area contributed by atoms with E-state index in [1.54, 1.807) is 0 Å². The number of hydrogen-bond acceptors (Lipinski definition) is 8. The van der Waals surface area contributed by atoms with Crippen molar-refractivity contribution in [1.29, 1.82) is 0 Å². The summed E-state index contributed by atoms with van der Waals surface area (Å²) in [5.74, 6) is 0.0220. The van der Waals surface area contributed by atoms with Crippen molar-refractivity contribution in [2.45, 2.75) is 30.8 Å². The van der Waals surface area contributed by atoms with Crippen molar-refractivity contribution in [3.05, 3.63) is 0 Å². The molecule has 0 spiro atoms. The first-order valence-electron chi connectivity index (χ1n) is 5.95. The van der Waals surface area contributed by atoms with Crippen LogP contribution in [-0.4, -0.2) is 49.0 Å². The average molecular weight is 276 g/mol. The summed E-state index contributed by atoms with van der Waals surface area (Å²) in [6, 6.07) is -0.654. The first-order valence-corrected chi connectivity index (χ1v) is 5.95. The van der Waals surface area contributed by atoms with Crippen LogP contribution in [0.15, 0.2) is 20.0 Å². The SMILES string of the molecule is O=C=NCC1CCC(CN=C=O)(N=C=O)C(N=C=O)C1. The third kappa shape index (κ3) is 3.75. The Morgan fingerprint density at radius 2 is 1.75 bits per heavy atom. The van der Waals surface area contributed by atoms with Crippen molar-refractivity contribution in [1.82, 2.24) is 0 Å². The molecule has 0 bridgehead atoms. The number of rotatable bonds is 6. The van der Waals surface area contributed by atoms with Gasteiger partial charge < -0.3 is 0 Å². The minimum Gasteiger partial charge on any atom is -0.211 e. The Balaban J connectivity index is 3.03. The number of carbonyl (C=O) groups excluding carboxylic acids is 4. The van der Waals surface area contributed by atoms with Gasteiger partial charge in [-0.2, -0.15) is 9.98 Å². The molecule has 104 valence electrons. The third-order valence-electron chi connectivity index (χ3n) is 3.47. The van der Waals surface area contributed by atoms with Crippen LogP contribution < -0.4 is 0 Å². The molecule has 0 aromatic rings. The van der Waals surface area contributed by atoms with Crippen LogP contribution in [0.5, 0.6) is 0 Å². The lowest BCUT2D eigenvalue weighted by molar-refractivity contribution is 0.211. The maximum absolute atomic E-state index is 10.6. The van der Waals surface area contributed by atoms with Gasteiger partial charge in [0, 0.05) is 0 Å². The van der Waals surface area contributed by atoms with E-state index in [1.807, 2.05) is 0 Å². The van der Waals surface area contributed by atoms with Crippen molar-refractivity contribution in [2.24, 2.45) is 25.9 Å². The maximum Gasteiger partial charge on any atom is 0.235 e. The Bertz CT molecular complexity index is 538. The molecular formula is C12H12N4O4. The largest absolute Gasteiger partial charge is 0.235 e. The molecule has 0 N–H and O–H groups in total. The highest BCUT2D eigenvalue weighted by Gasteiger charge is 2.44. The monoisotopic (exact) mass is 276 g/mol. The Kier molecular flexibility index (Phi) is 6.11. The van der Waals surface area contributed by atoms with Gasteiger partial charge in [-0.25, -0.2) is 29.2 Å². The van der Waals surface area contributed by atoms with Crippen LogP contribution in [0.2, 0.25) is 0 Å². The van der Waals surface area contributed by atoms with Crippen LogP contribution >= 0.6 is 0 Å². The Morgan fingerprint density at radius 1 is 1.00 bits per heavy atom. The van der Waals surface area contributed by atoms with Crippen LogP contribution in [0.4, 0.5) is 0 Å². The minimum absolute atomic E-state index is 0.0220. The third-order valence-corrected chi connectivity index (χ3v) is 3.47. The summed E-state index contributed by atoms with van der Waals surface area (Å²) in [5, 5.41) is 0. The van der Waals surface area contributed by atoms with E-state index in [0.717, 1.165) is 0 Å². The average Bonchev–Trinajstić information content (AvgIpc) is 2.46. The normalized spacial score (nSPS) is 28.0. The van der Waals surface area contributed by atoms with E-state index in [-0.39, 0.29) is 19.0 Å². The van der Waals surface area contributed by atoms with E-state index in [0.29, 0.717) is 19.3 Å². The van der Waals surface area contributed by atoms with Gasteiger partial charge in [0.05, 0.1) is 19.1 Å². The Hall–Kier alpha value is -2.48. The zero-order chi connectivity index (χ0) is 14.8. The fourth-order valence-corrected chi connectivity index (χ4v) is 2.45. The smallest absolute Gasteiger partial charge is 0.211 e. The first kappa shape index (κ1) is 15.6. The highest BCUT2D eigenvalue weighted by molar-refractivity contribution is 5.40. The second-order valence-corrected chi connectivity index (χ2v) is 4.52. The topological polar surface area (TPSA) is 118 Å². The molecule has 0 radical (unpaired) electrons. The molecule has 1 fully saturated rings. The lowest BCUT2D eigenvalue weighted by atomic mass is 9.73. The molecule has 20 heavy (non-hydrogen) atoms. The molecule has 1 saturated carbocycles. The fraction of sp³-hybridized carbons (Fsp3) is 0.667. The maximum atomic E-state index is 10.6. The minimum atomic E-state index is -1.07. The summed E-state index contributed by atoms with van der Waals surface area (Å²) in [7, 11) is 0. The molecule has 0 aromatic carbocycles. The number of nitrogens with zero attached hydrogens (tertiary/aromatic N) is 4. The molecule has 0 aliphatic heterocycles. The van der Waals surface area contributed by atoms with Gasteiger partial charge in [0.25, 0.3) is 0 Å². The predicted octanol–water partition coefficient (Wildman–Crippen LogP) is 0.237. The van der Waals surface area contributed by atoms with Crippen LogP contribution in [0, 0.1) is 5.92 Å². The molecule has 0 heterocycles. The van der Waals surface area contributed by atoms with Gasteiger partial charge in [0.1, 0.15) is 5.54 Å².